The Hall–Kier alpha value is -0.490. The van der Waals surface area contributed by atoms with E-state index in [0.29, 0.717) is 11.2 Å². The van der Waals surface area contributed by atoms with Gasteiger partial charge in [-0.3, -0.25) is 0 Å². The zero-order chi connectivity index (χ0) is 9.10. The Morgan fingerprint density at radius 3 is 3.00 bits per heavy atom. The predicted molar refractivity (Wildman–Crippen MR) is 56.8 cm³/mol. The minimum atomic E-state index is 0.321. The summed E-state index contributed by atoms with van der Waals surface area (Å²) in [5.74, 6) is 4.61. The molecule has 1 aliphatic rings. The summed E-state index contributed by atoms with van der Waals surface area (Å²) >= 11 is 3.84. The summed E-state index contributed by atoms with van der Waals surface area (Å²) in [5.41, 5.74) is 5.49. The molecule has 2 heterocycles. The first-order chi connectivity index (χ1) is 6.36. The zero-order valence-corrected chi connectivity index (χ0v) is 8.64. The number of rotatable bonds is 1. The van der Waals surface area contributed by atoms with E-state index in [4.69, 9.17) is 5.73 Å². The van der Waals surface area contributed by atoms with Crippen LogP contribution in [0.3, 0.4) is 0 Å². The lowest BCUT2D eigenvalue weighted by Gasteiger charge is -2.18. The van der Waals surface area contributed by atoms with Crippen LogP contribution in [0.5, 0.6) is 0 Å². The Morgan fingerprint density at radius 1 is 1.38 bits per heavy atom. The molecule has 1 aliphatic heterocycles. The van der Waals surface area contributed by atoms with E-state index in [1.54, 1.807) is 0 Å². The topological polar surface area (TPSA) is 64.7 Å². The van der Waals surface area contributed by atoms with Gasteiger partial charge in [0.2, 0.25) is 5.95 Å². The van der Waals surface area contributed by atoms with Crippen LogP contribution in [0.25, 0.3) is 0 Å². The molecule has 70 valence electrons. The zero-order valence-electron chi connectivity index (χ0n) is 7.01. The summed E-state index contributed by atoms with van der Waals surface area (Å²) < 4.78 is 0. The fraction of sp³-hybridized carbons (Fsp3) is 0.571. The Balaban J connectivity index is 2.14. The van der Waals surface area contributed by atoms with Gasteiger partial charge in [0.15, 0.2) is 0 Å². The molecule has 6 heteroatoms. The molecular weight excluding hydrogens is 204 g/mol. The van der Waals surface area contributed by atoms with Crippen molar-refractivity contribution in [2.45, 2.75) is 5.25 Å². The molecule has 0 saturated carbocycles. The molecule has 1 atom stereocenters. The van der Waals surface area contributed by atoms with Crippen LogP contribution in [0.15, 0.2) is 6.33 Å². The summed E-state index contributed by atoms with van der Waals surface area (Å²) in [6, 6.07) is 0. The van der Waals surface area contributed by atoms with Crippen molar-refractivity contribution in [2.24, 2.45) is 0 Å². The molecule has 2 rings (SSSR count). The smallest absolute Gasteiger partial charge is 0.223 e. The maximum atomic E-state index is 5.49. The van der Waals surface area contributed by atoms with Crippen LogP contribution in [0.1, 0.15) is 11.1 Å². The minimum Gasteiger partial charge on any atom is -0.368 e. The third-order valence-corrected chi connectivity index (χ3v) is 4.46. The summed E-state index contributed by atoms with van der Waals surface area (Å²) in [5, 5.41) is 0.393. The van der Waals surface area contributed by atoms with Crippen LogP contribution in [-0.4, -0.2) is 32.2 Å². The highest BCUT2D eigenvalue weighted by atomic mass is 32.2. The van der Waals surface area contributed by atoms with Gasteiger partial charge in [0.05, 0.1) is 5.25 Å². The first kappa shape index (κ1) is 9.08. The predicted octanol–water partition coefficient (Wildman–Crippen LogP) is 0.975. The van der Waals surface area contributed by atoms with E-state index in [9.17, 15) is 0 Å². The van der Waals surface area contributed by atoms with Gasteiger partial charge in [-0.15, -0.1) is 11.8 Å². The van der Waals surface area contributed by atoms with Crippen molar-refractivity contribution in [2.75, 3.05) is 23.0 Å². The number of aromatic nitrogens is 3. The Labute approximate surface area is 85.1 Å². The molecular formula is C7H10N4S2. The average Bonchev–Trinajstić information content (AvgIpc) is 2.19. The quantitative estimate of drug-likeness (QED) is 0.751. The Morgan fingerprint density at radius 2 is 2.31 bits per heavy atom. The highest BCUT2D eigenvalue weighted by molar-refractivity contribution is 8.06. The van der Waals surface area contributed by atoms with E-state index in [2.05, 4.69) is 15.0 Å². The first-order valence-electron chi connectivity index (χ1n) is 4.00. The van der Waals surface area contributed by atoms with Crippen molar-refractivity contribution >= 4 is 29.5 Å². The SMILES string of the molecule is Nc1ncnc(C2CSCCS2)n1. The molecule has 1 aromatic heterocycles. The molecule has 0 radical (unpaired) electrons. The standard InChI is InChI=1S/C7H10N4S2/c8-7-10-4-9-6(11-7)5-3-12-1-2-13-5/h4-5H,1-3H2,(H2,8,9,10,11). The number of thioether (sulfide) groups is 2. The minimum absolute atomic E-state index is 0.321. The van der Waals surface area contributed by atoms with E-state index in [0.717, 1.165) is 11.6 Å². The third kappa shape index (κ3) is 2.25. The summed E-state index contributed by atoms with van der Waals surface area (Å²) in [6.07, 6.45) is 1.48. The summed E-state index contributed by atoms with van der Waals surface area (Å²) in [6.45, 7) is 0. The van der Waals surface area contributed by atoms with Crippen molar-refractivity contribution < 1.29 is 0 Å². The van der Waals surface area contributed by atoms with Crippen LogP contribution in [0, 0.1) is 0 Å². The van der Waals surface area contributed by atoms with E-state index in [1.807, 2.05) is 23.5 Å². The van der Waals surface area contributed by atoms with Gasteiger partial charge in [-0.1, -0.05) is 0 Å². The van der Waals surface area contributed by atoms with Gasteiger partial charge >= 0.3 is 0 Å². The van der Waals surface area contributed by atoms with E-state index in [1.165, 1.54) is 17.8 Å². The van der Waals surface area contributed by atoms with Gasteiger partial charge in [-0.25, -0.2) is 9.97 Å². The molecule has 13 heavy (non-hydrogen) atoms. The average molecular weight is 214 g/mol. The van der Waals surface area contributed by atoms with Gasteiger partial charge in [0.1, 0.15) is 12.2 Å². The van der Waals surface area contributed by atoms with Crippen LogP contribution >= 0.6 is 23.5 Å². The lowest BCUT2D eigenvalue weighted by atomic mass is 10.4. The van der Waals surface area contributed by atoms with Crippen LogP contribution in [0.4, 0.5) is 5.95 Å². The van der Waals surface area contributed by atoms with Crippen molar-refractivity contribution in [3.8, 4) is 0 Å². The second-order valence-corrected chi connectivity index (χ2v) is 5.10. The highest BCUT2D eigenvalue weighted by Crippen LogP contribution is 2.34. The van der Waals surface area contributed by atoms with Crippen LogP contribution < -0.4 is 5.73 Å². The molecule has 0 aromatic carbocycles. The fourth-order valence-corrected chi connectivity index (χ4v) is 3.72. The molecule has 1 fully saturated rings. The number of anilines is 1. The second-order valence-electron chi connectivity index (χ2n) is 2.64. The maximum Gasteiger partial charge on any atom is 0.223 e. The van der Waals surface area contributed by atoms with E-state index in [-0.39, 0.29) is 0 Å². The maximum absolute atomic E-state index is 5.49. The summed E-state index contributed by atoms with van der Waals surface area (Å²) in [7, 11) is 0. The number of hydrogen-bond acceptors (Lipinski definition) is 6. The lowest BCUT2D eigenvalue weighted by molar-refractivity contribution is 0.894. The number of nitrogens with two attached hydrogens (primary N) is 1. The van der Waals surface area contributed by atoms with Gasteiger partial charge < -0.3 is 5.73 Å². The highest BCUT2D eigenvalue weighted by Gasteiger charge is 2.19. The molecule has 1 unspecified atom stereocenters. The van der Waals surface area contributed by atoms with Gasteiger partial charge in [0, 0.05) is 17.3 Å². The van der Waals surface area contributed by atoms with Crippen molar-refractivity contribution in [3.05, 3.63) is 12.2 Å². The fourth-order valence-electron chi connectivity index (χ4n) is 1.11. The normalized spacial score (nSPS) is 22.9. The monoisotopic (exact) mass is 214 g/mol. The first-order valence-corrected chi connectivity index (χ1v) is 6.20. The largest absolute Gasteiger partial charge is 0.368 e. The van der Waals surface area contributed by atoms with Gasteiger partial charge in [-0.05, 0) is 0 Å². The third-order valence-electron chi connectivity index (χ3n) is 1.71. The van der Waals surface area contributed by atoms with Gasteiger partial charge in [-0.2, -0.15) is 16.7 Å². The molecule has 0 aliphatic carbocycles. The molecule has 2 N–H and O–H groups in total. The van der Waals surface area contributed by atoms with Crippen LogP contribution in [0.2, 0.25) is 0 Å². The van der Waals surface area contributed by atoms with Crippen molar-refractivity contribution in [1.29, 1.82) is 0 Å². The van der Waals surface area contributed by atoms with Crippen molar-refractivity contribution in [3.63, 3.8) is 0 Å². The molecule has 1 aromatic rings. The van der Waals surface area contributed by atoms with E-state index >= 15 is 0 Å². The van der Waals surface area contributed by atoms with Gasteiger partial charge in [0.25, 0.3) is 0 Å². The summed E-state index contributed by atoms with van der Waals surface area (Å²) in [4.78, 5) is 12.0. The number of hydrogen-bond donors (Lipinski definition) is 1. The van der Waals surface area contributed by atoms with Crippen molar-refractivity contribution in [1.82, 2.24) is 15.0 Å². The molecule has 1 saturated heterocycles. The number of nitrogen functional groups attached to an aromatic ring is 1. The molecule has 4 nitrogen and oxygen atoms in total. The Kier molecular flexibility index (Phi) is 2.90. The molecule has 0 spiro atoms. The lowest BCUT2D eigenvalue weighted by Crippen LogP contribution is -2.11. The molecule has 0 bridgehead atoms. The Bertz CT molecular complexity index is 288. The van der Waals surface area contributed by atoms with Crippen LogP contribution in [-0.2, 0) is 0 Å². The van der Waals surface area contributed by atoms with E-state index < -0.39 is 0 Å². The second kappa shape index (κ2) is 4.15. The molecule has 0 amide bonds. The number of nitrogens with zero attached hydrogens (tertiary/aromatic N) is 3.